The van der Waals surface area contributed by atoms with Gasteiger partial charge in [0.2, 0.25) is 0 Å². The second kappa shape index (κ2) is 8.07. The first-order valence-corrected chi connectivity index (χ1v) is 7.33. The Morgan fingerprint density at radius 2 is 1.85 bits per heavy atom. The molecule has 0 spiro atoms. The van der Waals surface area contributed by atoms with Gasteiger partial charge in [0.15, 0.2) is 0 Å². The first kappa shape index (κ1) is 18.9. The maximum Gasteiger partial charge on any atom is 0.416 e. The summed E-state index contributed by atoms with van der Waals surface area (Å²) in [6, 6.07) is 12.6. The fraction of sp³-hybridized carbons (Fsp3) is 0.111. The number of halogens is 3. The standard InChI is InChI=1S/C18H14F3N3O2/c1-26-16-7-5-14(6-8-16)24-17(25)12(10-22)11-23-15-4-2-3-13(9-15)18(19,20)21/h2-9,11,23H,1H3,(H,24,25)/b12-11-. The highest BCUT2D eigenvalue weighted by Crippen LogP contribution is 2.30. The van der Waals surface area contributed by atoms with Gasteiger partial charge < -0.3 is 15.4 Å². The zero-order chi connectivity index (χ0) is 19.2. The van der Waals surface area contributed by atoms with Crippen LogP contribution in [-0.4, -0.2) is 13.0 Å². The Kier molecular flexibility index (Phi) is 5.86. The largest absolute Gasteiger partial charge is 0.497 e. The third kappa shape index (κ3) is 5.01. The molecule has 0 radical (unpaired) electrons. The summed E-state index contributed by atoms with van der Waals surface area (Å²) in [5.74, 6) is -0.0950. The number of nitriles is 1. The van der Waals surface area contributed by atoms with E-state index < -0.39 is 17.6 Å². The maximum atomic E-state index is 12.7. The van der Waals surface area contributed by atoms with Crippen molar-refractivity contribution >= 4 is 17.3 Å². The van der Waals surface area contributed by atoms with Crippen molar-refractivity contribution in [2.24, 2.45) is 0 Å². The molecule has 5 nitrogen and oxygen atoms in total. The second-order valence-corrected chi connectivity index (χ2v) is 5.08. The minimum absolute atomic E-state index is 0.102. The molecule has 0 aromatic heterocycles. The van der Waals surface area contributed by atoms with Crippen LogP contribution < -0.4 is 15.4 Å². The van der Waals surface area contributed by atoms with Crippen molar-refractivity contribution in [3.8, 4) is 11.8 Å². The molecule has 1 amide bonds. The molecule has 0 bridgehead atoms. The Morgan fingerprint density at radius 1 is 1.15 bits per heavy atom. The number of anilines is 2. The van der Waals surface area contributed by atoms with Crippen molar-refractivity contribution in [1.82, 2.24) is 0 Å². The molecular formula is C18H14F3N3O2. The quantitative estimate of drug-likeness (QED) is 0.619. The molecule has 0 saturated carbocycles. The van der Waals surface area contributed by atoms with Gasteiger partial charge in [0, 0.05) is 17.6 Å². The van der Waals surface area contributed by atoms with Crippen LogP contribution >= 0.6 is 0 Å². The van der Waals surface area contributed by atoms with Crippen LogP contribution in [0.3, 0.4) is 0 Å². The van der Waals surface area contributed by atoms with Crippen molar-refractivity contribution in [2.45, 2.75) is 6.18 Å². The Labute approximate surface area is 147 Å². The zero-order valence-electron chi connectivity index (χ0n) is 13.6. The highest BCUT2D eigenvalue weighted by atomic mass is 19.4. The van der Waals surface area contributed by atoms with Crippen LogP contribution in [0, 0.1) is 11.3 Å². The Morgan fingerprint density at radius 3 is 2.42 bits per heavy atom. The van der Waals surface area contributed by atoms with E-state index in [4.69, 9.17) is 10.00 Å². The van der Waals surface area contributed by atoms with Crippen molar-refractivity contribution in [3.63, 3.8) is 0 Å². The van der Waals surface area contributed by atoms with Gasteiger partial charge in [-0.05, 0) is 42.5 Å². The maximum absolute atomic E-state index is 12.7. The summed E-state index contributed by atoms with van der Waals surface area (Å²) in [5.41, 5.74) is -0.587. The van der Waals surface area contributed by atoms with Gasteiger partial charge in [-0.15, -0.1) is 0 Å². The van der Waals surface area contributed by atoms with Gasteiger partial charge in [-0.25, -0.2) is 0 Å². The van der Waals surface area contributed by atoms with Crippen LogP contribution in [0.1, 0.15) is 5.56 Å². The predicted molar refractivity (Wildman–Crippen MR) is 90.4 cm³/mol. The summed E-state index contributed by atoms with van der Waals surface area (Å²) < 4.78 is 43.1. The third-order valence-electron chi connectivity index (χ3n) is 3.29. The van der Waals surface area contributed by atoms with E-state index in [0.717, 1.165) is 18.3 Å². The van der Waals surface area contributed by atoms with Crippen LogP contribution in [0.15, 0.2) is 60.3 Å². The molecule has 2 aromatic carbocycles. The zero-order valence-corrected chi connectivity index (χ0v) is 13.6. The van der Waals surface area contributed by atoms with Crippen LogP contribution in [0.25, 0.3) is 0 Å². The number of carbonyl (C=O) groups excluding carboxylic acids is 1. The molecule has 2 aromatic rings. The number of benzene rings is 2. The van der Waals surface area contributed by atoms with E-state index in [1.807, 2.05) is 0 Å². The SMILES string of the molecule is COc1ccc(NC(=O)/C(C#N)=C\Nc2cccc(C(F)(F)F)c2)cc1. The van der Waals surface area contributed by atoms with Gasteiger partial charge in [-0.3, -0.25) is 4.79 Å². The van der Waals surface area contributed by atoms with Crippen molar-refractivity contribution in [3.05, 3.63) is 65.9 Å². The van der Waals surface area contributed by atoms with E-state index in [-0.39, 0.29) is 11.3 Å². The summed E-state index contributed by atoms with van der Waals surface area (Å²) in [6.45, 7) is 0. The molecular weight excluding hydrogens is 347 g/mol. The van der Waals surface area contributed by atoms with Crippen LogP contribution in [0.2, 0.25) is 0 Å². The minimum atomic E-state index is -4.48. The molecule has 8 heteroatoms. The molecule has 2 N–H and O–H groups in total. The van der Waals surface area contributed by atoms with E-state index in [1.165, 1.54) is 19.2 Å². The molecule has 2 rings (SSSR count). The molecule has 0 heterocycles. The Bertz CT molecular complexity index is 853. The summed E-state index contributed by atoms with van der Waals surface area (Å²) in [7, 11) is 1.50. The number of ether oxygens (including phenoxy) is 1. The number of hydrogen-bond acceptors (Lipinski definition) is 4. The molecule has 0 aliphatic carbocycles. The summed E-state index contributed by atoms with van der Waals surface area (Å²) in [5, 5.41) is 14.1. The van der Waals surface area contributed by atoms with E-state index in [9.17, 15) is 18.0 Å². The fourth-order valence-electron chi connectivity index (χ4n) is 1.96. The molecule has 0 unspecified atom stereocenters. The van der Waals surface area contributed by atoms with Crippen LogP contribution in [-0.2, 0) is 11.0 Å². The lowest BCUT2D eigenvalue weighted by molar-refractivity contribution is -0.137. The summed E-state index contributed by atoms with van der Waals surface area (Å²) in [6.07, 6.45) is -3.43. The fourth-order valence-corrected chi connectivity index (χ4v) is 1.96. The molecule has 0 aliphatic heterocycles. The van der Waals surface area contributed by atoms with Crippen molar-refractivity contribution in [1.29, 1.82) is 5.26 Å². The number of nitrogens with one attached hydrogen (secondary N) is 2. The first-order valence-electron chi connectivity index (χ1n) is 7.33. The normalized spacial score (nSPS) is 11.4. The molecule has 0 atom stereocenters. The van der Waals surface area contributed by atoms with E-state index in [2.05, 4.69) is 10.6 Å². The molecule has 134 valence electrons. The highest BCUT2D eigenvalue weighted by molar-refractivity contribution is 6.06. The number of nitrogens with zero attached hydrogens (tertiary/aromatic N) is 1. The highest BCUT2D eigenvalue weighted by Gasteiger charge is 2.30. The average molecular weight is 361 g/mol. The topological polar surface area (TPSA) is 74.1 Å². The van der Waals surface area contributed by atoms with Gasteiger partial charge in [-0.1, -0.05) is 6.07 Å². The number of methoxy groups -OCH3 is 1. The summed E-state index contributed by atoms with van der Waals surface area (Å²) >= 11 is 0. The molecule has 0 aliphatic rings. The molecule has 26 heavy (non-hydrogen) atoms. The van der Waals surface area contributed by atoms with E-state index in [1.54, 1.807) is 30.3 Å². The lowest BCUT2D eigenvalue weighted by Crippen LogP contribution is -2.14. The summed E-state index contributed by atoms with van der Waals surface area (Å²) in [4.78, 5) is 12.1. The number of alkyl halides is 3. The molecule has 0 saturated heterocycles. The number of rotatable bonds is 5. The predicted octanol–water partition coefficient (Wildman–Crippen LogP) is 4.17. The van der Waals surface area contributed by atoms with Crippen LogP contribution in [0.5, 0.6) is 5.75 Å². The smallest absolute Gasteiger partial charge is 0.416 e. The molecule has 0 fully saturated rings. The van der Waals surface area contributed by atoms with Crippen molar-refractivity contribution in [2.75, 3.05) is 17.7 Å². The average Bonchev–Trinajstić information content (AvgIpc) is 2.62. The number of amides is 1. The van der Waals surface area contributed by atoms with Crippen LogP contribution in [0.4, 0.5) is 24.5 Å². The Hall–Kier alpha value is -3.47. The van der Waals surface area contributed by atoms with Gasteiger partial charge in [0.05, 0.1) is 12.7 Å². The van der Waals surface area contributed by atoms with Gasteiger partial charge in [0.25, 0.3) is 5.91 Å². The van der Waals surface area contributed by atoms with Crippen molar-refractivity contribution < 1.29 is 22.7 Å². The Balaban J connectivity index is 2.09. The second-order valence-electron chi connectivity index (χ2n) is 5.08. The number of carbonyl (C=O) groups is 1. The van der Waals surface area contributed by atoms with Gasteiger partial charge >= 0.3 is 6.18 Å². The van der Waals surface area contributed by atoms with E-state index in [0.29, 0.717) is 11.4 Å². The monoisotopic (exact) mass is 361 g/mol. The number of hydrogen-bond donors (Lipinski definition) is 2. The van der Waals surface area contributed by atoms with E-state index >= 15 is 0 Å². The van der Waals surface area contributed by atoms with Gasteiger partial charge in [-0.2, -0.15) is 18.4 Å². The lowest BCUT2D eigenvalue weighted by Gasteiger charge is -2.09. The first-order chi connectivity index (χ1) is 12.3. The lowest BCUT2D eigenvalue weighted by atomic mass is 10.2. The minimum Gasteiger partial charge on any atom is -0.497 e. The third-order valence-corrected chi connectivity index (χ3v) is 3.29. The van der Waals surface area contributed by atoms with Gasteiger partial charge in [0.1, 0.15) is 17.4 Å².